The Hall–Kier alpha value is 1.41. The molecule has 0 aromatic rings. The smallest absolute Gasteiger partial charge is 0.106 e. The molecule has 2 nitrogen and oxygen atoms in total. The van der Waals surface area contributed by atoms with E-state index in [2.05, 4.69) is 0 Å². The van der Waals surface area contributed by atoms with Crippen LogP contribution in [0, 0.1) is 0 Å². The topological polar surface area (TPSA) is 40.5 Å². The van der Waals surface area contributed by atoms with Gasteiger partial charge in [-0.1, -0.05) is 35.7 Å². The predicted octanol–water partition coefficient (Wildman–Crippen LogP) is 1.85. The van der Waals surface area contributed by atoms with Gasteiger partial charge in [-0.15, -0.1) is 23.5 Å². The molecular weight excluding hydrogens is 276 g/mol. The number of rotatable bonds is 6. The van der Waals surface area contributed by atoms with Gasteiger partial charge < -0.3 is 10.2 Å². The SMILES string of the molecule is OCCS[C@@H]1SC(=S)S[C@H]1SCCO. The lowest BCUT2D eigenvalue weighted by Gasteiger charge is -2.14. The molecule has 0 amide bonds. The Morgan fingerprint density at radius 1 is 1.07 bits per heavy atom. The first kappa shape index (κ1) is 13.5. The predicted molar refractivity (Wildman–Crippen MR) is 74.4 cm³/mol. The average molecular weight is 289 g/mol. The molecular formula is C7H12O2S5. The minimum Gasteiger partial charge on any atom is -0.396 e. The largest absolute Gasteiger partial charge is 0.396 e. The van der Waals surface area contributed by atoms with Crippen LogP contribution in [0.15, 0.2) is 0 Å². The fourth-order valence-electron chi connectivity index (χ4n) is 0.891. The van der Waals surface area contributed by atoms with Crippen LogP contribution in [0.4, 0.5) is 0 Å². The molecule has 2 atom stereocenters. The van der Waals surface area contributed by atoms with Crippen molar-refractivity contribution < 1.29 is 10.2 Å². The third kappa shape index (κ3) is 4.51. The minimum absolute atomic E-state index is 0.219. The third-order valence-corrected chi connectivity index (χ3v) is 8.06. The van der Waals surface area contributed by atoms with Crippen molar-refractivity contribution in [2.75, 3.05) is 24.7 Å². The van der Waals surface area contributed by atoms with Crippen molar-refractivity contribution in [2.45, 2.75) is 9.16 Å². The summed E-state index contributed by atoms with van der Waals surface area (Å²) in [5, 5.41) is 17.5. The fourth-order valence-corrected chi connectivity index (χ4v) is 7.99. The molecule has 0 saturated carbocycles. The van der Waals surface area contributed by atoms with Crippen LogP contribution in [0.1, 0.15) is 0 Å². The number of hydrogen-bond acceptors (Lipinski definition) is 7. The second kappa shape index (κ2) is 7.65. The molecule has 7 heteroatoms. The van der Waals surface area contributed by atoms with Crippen LogP contribution in [0.3, 0.4) is 0 Å². The summed E-state index contributed by atoms with van der Waals surface area (Å²) in [7, 11) is 0. The van der Waals surface area contributed by atoms with Crippen molar-refractivity contribution >= 4 is 62.8 Å². The molecule has 1 rings (SSSR count). The average Bonchev–Trinajstić information content (AvgIpc) is 2.52. The standard InChI is InChI=1S/C7H12O2S5/c8-1-3-11-5-6(12-4-2-9)14-7(10)13-5/h5-6,8-9H,1-4H2/t5-,6-/m1/s1. The first-order valence-corrected chi connectivity index (χ1v) is 8.36. The molecule has 1 saturated heterocycles. The molecule has 0 spiro atoms. The van der Waals surface area contributed by atoms with Gasteiger partial charge in [-0.25, -0.2) is 0 Å². The number of thioether (sulfide) groups is 4. The first-order valence-electron chi connectivity index (χ1n) is 4.10. The lowest BCUT2D eigenvalue weighted by atomic mass is 10.9. The Balaban J connectivity index is 2.33. The summed E-state index contributed by atoms with van der Waals surface area (Å²) in [6, 6.07) is 0. The van der Waals surface area contributed by atoms with E-state index in [4.69, 9.17) is 22.4 Å². The quantitative estimate of drug-likeness (QED) is 0.723. The lowest BCUT2D eigenvalue weighted by molar-refractivity contribution is 0.322. The van der Waals surface area contributed by atoms with Crippen molar-refractivity contribution in [3.63, 3.8) is 0 Å². The molecule has 1 aliphatic heterocycles. The van der Waals surface area contributed by atoms with E-state index < -0.39 is 0 Å². The number of hydrogen-bond donors (Lipinski definition) is 2. The van der Waals surface area contributed by atoms with Crippen molar-refractivity contribution in [3.8, 4) is 0 Å². The highest BCUT2D eigenvalue weighted by atomic mass is 32.3. The summed E-state index contributed by atoms with van der Waals surface area (Å²) >= 11 is 12.1. The summed E-state index contributed by atoms with van der Waals surface area (Å²) < 4.78 is 1.84. The summed E-state index contributed by atoms with van der Waals surface area (Å²) in [6.45, 7) is 0.438. The van der Waals surface area contributed by atoms with E-state index in [-0.39, 0.29) is 13.2 Å². The molecule has 0 radical (unpaired) electrons. The van der Waals surface area contributed by atoms with Crippen LogP contribution in [0.5, 0.6) is 0 Å². The Kier molecular flexibility index (Phi) is 7.36. The molecule has 14 heavy (non-hydrogen) atoms. The highest BCUT2D eigenvalue weighted by Crippen LogP contribution is 2.49. The first-order chi connectivity index (χ1) is 6.77. The van der Waals surface area contributed by atoms with E-state index in [1.807, 2.05) is 0 Å². The Morgan fingerprint density at radius 2 is 1.50 bits per heavy atom. The van der Waals surface area contributed by atoms with E-state index in [0.717, 1.165) is 15.0 Å². The van der Waals surface area contributed by atoms with Gasteiger partial charge in [0.2, 0.25) is 0 Å². The van der Waals surface area contributed by atoms with E-state index >= 15 is 0 Å². The molecule has 0 aliphatic carbocycles. The molecule has 1 aliphatic rings. The van der Waals surface area contributed by atoms with Gasteiger partial charge in [-0.05, 0) is 0 Å². The van der Waals surface area contributed by atoms with E-state index in [1.165, 1.54) is 0 Å². The van der Waals surface area contributed by atoms with Crippen LogP contribution in [-0.4, -0.2) is 47.6 Å². The van der Waals surface area contributed by atoms with Crippen LogP contribution in [-0.2, 0) is 0 Å². The van der Waals surface area contributed by atoms with Crippen molar-refractivity contribution in [1.29, 1.82) is 0 Å². The van der Waals surface area contributed by atoms with Crippen molar-refractivity contribution in [1.82, 2.24) is 0 Å². The minimum atomic E-state index is 0.219. The van der Waals surface area contributed by atoms with Crippen LogP contribution < -0.4 is 0 Å². The molecule has 0 bridgehead atoms. The van der Waals surface area contributed by atoms with Crippen molar-refractivity contribution in [2.24, 2.45) is 0 Å². The normalized spacial score (nSPS) is 27.1. The molecule has 0 aromatic carbocycles. The molecule has 82 valence electrons. The van der Waals surface area contributed by atoms with E-state index in [9.17, 15) is 0 Å². The van der Waals surface area contributed by atoms with Gasteiger partial charge in [-0.2, -0.15) is 0 Å². The number of aliphatic hydroxyl groups is 2. The lowest BCUT2D eigenvalue weighted by Crippen LogP contribution is -2.10. The van der Waals surface area contributed by atoms with Crippen LogP contribution >= 0.6 is 59.3 Å². The fraction of sp³-hybridized carbons (Fsp3) is 0.857. The molecule has 2 N–H and O–H groups in total. The van der Waals surface area contributed by atoms with E-state index in [1.54, 1.807) is 47.0 Å². The van der Waals surface area contributed by atoms with Gasteiger partial charge in [0, 0.05) is 11.5 Å². The Bertz CT molecular complexity index is 171. The molecule has 0 unspecified atom stereocenters. The summed E-state index contributed by atoms with van der Waals surface area (Å²) in [6.07, 6.45) is 0. The zero-order valence-electron chi connectivity index (χ0n) is 7.42. The highest BCUT2D eigenvalue weighted by Gasteiger charge is 2.32. The second-order valence-electron chi connectivity index (χ2n) is 2.41. The van der Waals surface area contributed by atoms with Gasteiger partial charge in [0.1, 0.15) is 3.53 Å². The second-order valence-corrected chi connectivity index (χ2v) is 8.99. The Morgan fingerprint density at radius 3 is 1.86 bits per heavy atom. The maximum absolute atomic E-state index is 8.74. The van der Waals surface area contributed by atoms with Gasteiger partial charge in [0.05, 0.1) is 22.4 Å². The zero-order chi connectivity index (χ0) is 10.4. The van der Waals surface area contributed by atoms with Gasteiger partial charge in [0.25, 0.3) is 0 Å². The molecule has 0 aromatic heterocycles. The van der Waals surface area contributed by atoms with E-state index in [0.29, 0.717) is 9.16 Å². The summed E-state index contributed by atoms with van der Waals surface area (Å²) in [4.78, 5) is 0. The zero-order valence-corrected chi connectivity index (χ0v) is 11.5. The number of aliphatic hydroxyl groups excluding tert-OH is 2. The monoisotopic (exact) mass is 288 g/mol. The summed E-state index contributed by atoms with van der Waals surface area (Å²) in [5.74, 6) is 1.52. The Labute approximate surface area is 106 Å². The van der Waals surface area contributed by atoms with Gasteiger partial charge in [0.15, 0.2) is 0 Å². The maximum atomic E-state index is 8.74. The van der Waals surface area contributed by atoms with Gasteiger partial charge in [-0.3, -0.25) is 0 Å². The molecule has 1 heterocycles. The summed E-state index contributed by atoms with van der Waals surface area (Å²) in [5.41, 5.74) is 0. The third-order valence-electron chi connectivity index (χ3n) is 1.39. The van der Waals surface area contributed by atoms with Crippen LogP contribution in [0.2, 0.25) is 0 Å². The highest BCUT2D eigenvalue weighted by molar-refractivity contribution is 8.54. The van der Waals surface area contributed by atoms with Gasteiger partial charge >= 0.3 is 0 Å². The van der Waals surface area contributed by atoms with Crippen LogP contribution in [0.25, 0.3) is 0 Å². The van der Waals surface area contributed by atoms with Crippen molar-refractivity contribution in [3.05, 3.63) is 0 Å². The number of thiocarbonyl (C=S) groups is 1. The molecule has 1 fully saturated rings. The maximum Gasteiger partial charge on any atom is 0.106 e.